The maximum Gasteiger partial charge on any atom is 0.289 e. The minimum absolute atomic E-state index is 0.321. The smallest absolute Gasteiger partial charge is 0.266 e. The first kappa shape index (κ1) is 13.7. The van der Waals surface area contributed by atoms with Crippen LogP contribution < -0.4 is 5.43 Å². The summed E-state index contributed by atoms with van der Waals surface area (Å²) < 4.78 is 0. The highest BCUT2D eigenvalue weighted by Crippen LogP contribution is 2.01. The van der Waals surface area contributed by atoms with Gasteiger partial charge >= 0.3 is 0 Å². The molecule has 2 aromatic rings. The van der Waals surface area contributed by atoms with Crippen molar-refractivity contribution in [2.75, 3.05) is 0 Å². The summed E-state index contributed by atoms with van der Waals surface area (Å²) in [4.78, 5) is 15.7. The van der Waals surface area contributed by atoms with Gasteiger partial charge in [0.05, 0.1) is 5.71 Å². The van der Waals surface area contributed by atoms with E-state index in [1.165, 1.54) is 0 Å². The fraction of sp³-hybridized carbons (Fsp3) is 0.0625. The van der Waals surface area contributed by atoms with Crippen LogP contribution in [-0.2, 0) is 0 Å². The van der Waals surface area contributed by atoms with Crippen LogP contribution in [0, 0.1) is 0 Å². The average molecular weight is 265 g/mol. The maximum atomic E-state index is 11.7. The normalized spacial score (nSPS) is 11.6. The molecule has 0 aliphatic rings. The van der Waals surface area contributed by atoms with Gasteiger partial charge < -0.3 is 0 Å². The Balaban J connectivity index is 1.95. The lowest BCUT2D eigenvalue weighted by molar-refractivity contribution is 0.0950. The lowest BCUT2D eigenvalue weighted by atomic mass is 10.2. The Bertz CT molecular complexity index is 619. The highest BCUT2D eigenvalue weighted by atomic mass is 16.2. The number of allylic oxidation sites excluding steroid dienone is 1. The molecule has 2 rings (SSSR count). The van der Waals surface area contributed by atoms with Gasteiger partial charge in [0.2, 0.25) is 0 Å². The van der Waals surface area contributed by atoms with Crippen LogP contribution in [0.15, 0.2) is 65.9 Å². The van der Waals surface area contributed by atoms with E-state index in [1.54, 1.807) is 24.4 Å². The van der Waals surface area contributed by atoms with E-state index in [4.69, 9.17) is 0 Å². The topological polar surface area (TPSA) is 54.4 Å². The number of hydrazone groups is 1. The van der Waals surface area contributed by atoms with Crippen molar-refractivity contribution in [2.24, 2.45) is 5.10 Å². The summed E-state index contributed by atoms with van der Waals surface area (Å²) in [6.07, 6.45) is 5.35. The van der Waals surface area contributed by atoms with Crippen LogP contribution in [-0.4, -0.2) is 16.6 Å². The molecule has 0 saturated heterocycles. The summed E-state index contributed by atoms with van der Waals surface area (Å²) >= 11 is 0. The zero-order valence-corrected chi connectivity index (χ0v) is 11.2. The van der Waals surface area contributed by atoms with E-state index in [9.17, 15) is 4.79 Å². The molecule has 0 radical (unpaired) electrons. The van der Waals surface area contributed by atoms with Crippen LogP contribution in [0.5, 0.6) is 0 Å². The molecule has 20 heavy (non-hydrogen) atoms. The van der Waals surface area contributed by atoms with E-state index in [1.807, 2.05) is 49.4 Å². The quantitative estimate of drug-likeness (QED) is 0.682. The van der Waals surface area contributed by atoms with Crippen molar-refractivity contribution >= 4 is 17.7 Å². The van der Waals surface area contributed by atoms with E-state index in [-0.39, 0.29) is 5.91 Å². The number of benzene rings is 1. The predicted octanol–water partition coefficient (Wildman–Crippen LogP) is 2.90. The fourth-order valence-corrected chi connectivity index (χ4v) is 1.51. The van der Waals surface area contributed by atoms with E-state index < -0.39 is 0 Å². The van der Waals surface area contributed by atoms with Gasteiger partial charge in [0.25, 0.3) is 5.91 Å². The molecule has 0 spiro atoms. The molecule has 0 aliphatic heterocycles. The zero-order chi connectivity index (χ0) is 14.2. The summed E-state index contributed by atoms with van der Waals surface area (Å²) in [6, 6.07) is 15.0. The SMILES string of the molecule is CC(C=Cc1ccccc1)=NNC(=O)c1ccccn1. The Hall–Kier alpha value is -2.75. The summed E-state index contributed by atoms with van der Waals surface area (Å²) in [5, 5.41) is 4.01. The Morgan fingerprint density at radius 2 is 1.90 bits per heavy atom. The lowest BCUT2D eigenvalue weighted by Crippen LogP contribution is -2.19. The summed E-state index contributed by atoms with van der Waals surface area (Å²) in [7, 11) is 0. The van der Waals surface area contributed by atoms with Gasteiger partial charge in [0.1, 0.15) is 5.69 Å². The molecule has 4 heteroatoms. The number of rotatable bonds is 4. The molecule has 1 N–H and O–H groups in total. The minimum atomic E-state index is -0.321. The third-order valence-corrected chi connectivity index (χ3v) is 2.55. The molecule has 1 heterocycles. The second-order valence-electron chi connectivity index (χ2n) is 4.15. The van der Waals surface area contributed by atoms with Crippen LogP contribution in [0.25, 0.3) is 6.08 Å². The molecule has 0 unspecified atom stereocenters. The number of hydrogen-bond donors (Lipinski definition) is 1. The van der Waals surface area contributed by atoms with Crippen molar-refractivity contribution < 1.29 is 4.79 Å². The monoisotopic (exact) mass is 265 g/mol. The molecule has 1 amide bonds. The fourth-order valence-electron chi connectivity index (χ4n) is 1.51. The third kappa shape index (κ3) is 4.17. The first-order chi connectivity index (χ1) is 9.75. The first-order valence-electron chi connectivity index (χ1n) is 6.24. The van der Waals surface area contributed by atoms with Gasteiger partial charge in [-0.3, -0.25) is 9.78 Å². The standard InChI is InChI=1S/C16H15N3O/c1-13(10-11-14-7-3-2-4-8-14)18-19-16(20)15-9-5-6-12-17-15/h2-12H,1H3,(H,19,20). The number of carbonyl (C=O) groups is 1. The van der Waals surface area contributed by atoms with Crippen molar-refractivity contribution in [3.63, 3.8) is 0 Å². The summed E-state index contributed by atoms with van der Waals surface area (Å²) in [5.41, 5.74) is 4.60. The molecule has 1 aromatic heterocycles. The number of pyridine rings is 1. The Morgan fingerprint density at radius 1 is 1.15 bits per heavy atom. The number of nitrogens with zero attached hydrogens (tertiary/aromatic N) is 2. The number of hydrogen-bond acceptors (Lipinski definition) is 3. The van der Waals surface area contributed by atoms with E-state index in [0.29, 0.717) is 11.4 Å². The van der Waals surface area contributed by atoms with Crippen molar-refractivity contribution in [3.05, 3.63) is 72.1 Å². The van der Waals surface area contributed by atoms with Crippen LogP contribution in [0.4, 0.5) is 0 Å². The van der Waals surface area contributed by atoms with Gasteiger partial charge in [-0.2, -0.15) is 5.10 Å². The molecule has 0 atom stereocenters. The number of amides is 1. The number of aromatic nitrogens is 1. The minimum Gasteiger partial charge on any atom is -0.266 e. The van der Waals surface area contributed by atoms with E-state index in [0.717, 1.165) is 5.56 Å². The van der Waals surface area contributed by atoms with E-state index >= 15 is 0 Å². The highest BCUT2D eigenvalue weighted by Gasteiger charge is 2.03. The number of carbonyl (C=O) groups excluding carboxylic acids is 1. The van der Waals surface area contributed by atoms with Gasteiger partial charge in [0.15, 0.2) is 0 Å². The van der Waals surface area contributed by atoms with Gasteiger partial charge in [-0.05, 0) is 30.7 Å². The molecular weight excluding hydrogens is 250 g/mol. The van der Waals surface area contributed by atoms with Gasteiger partial charge in [0, 0.05) is 6.20 Å². The second-order valence-corrected chi connectivity index (χ2v) is 4.15. The largest absolute Gasteiger partial charge is 0.289 e. The molecule has 0 saturated carbocycles. The van der Waals surface area contributed by atoms with Gasteiger partial charge in [-0.25, -0.2) is 5.43 Å². The molecule has 0 bridgehead atoms. The first-order valence-corrected chi connectivity index (χ1v) is 6.24. The summed E-state index contributed by atoms with van der Waals surface area (Å²) in [6.45, 7) is 1.82. The van der Waals surface area contributed by atoms with Crippen LogP contribution in [0.3, 0.4) is 0 Å². The van der Waals surface area contributed by atoms with Gasteiger partial charge in [-0.15, -0.1) is 0 Å². The Labute approximate surface area is 117 Å². The third-order valence-electron chi connectivity index (χ3n) is 2.55. The molecule has 0 aliphatic carbocycles. The molecule has 0 fully saturated rings. The second kappa shape index (κ2) is 6.99. The van der Waals surface area contributed by atoms with E-state index in [2.05, 4.69) is 15.5 Å². The Morgan fingerprint density at radius 3 is 2.60 bits per heavy atom. The molecule has 4 nitrogen and oxygen atoms in total. The van der Waals surface area contributed by atoms with Crippen LogP contribution >= 0.6 is 0 Å². The van der Waals surface area contributed by atoms with Crippen molar-refractivity contribution in [1.29, 1.82) is 0 Å². The summed E-state index contributed by atoms with van der Waals surface area (Å²) in [5.74, 6) is -0.321. The molecule has 100 valence electrons. The highest BCUT2D eigenvalue weighted by molar-refractivity contribution is 5.98. The zero-order valence-electron chi connectivity index (χ0n) is 11.2. The predicted molar refractivity (Wildman–Crippen MR) is 80.3 cm³/mol. The van der Waals surface area contributed by atoms with Crippen molar-refractivity contribution in [1.82, 2.24) is 10.4 Å². The molecule has 1 aromatic carbocycles. The van der Waals surface area contributed by atoms with Crippen LogP contribution in [0.1, 0.15) is 23.0 Å². The van der Waals surface area contributed by atoms with Crippen molar-refractivity contribution in [2.45, 2.75) is 6.92 Å². The van der Waals surface area contributed by atoms with Gasteiger partial charge in [-0.1, -0.05) is 42.5 Å². The lowest BCUT2D eigenvalue weighted by Gasteiger charge is -1.99. The molecular formula is C16H15N3O. The number of nitrogens with one attached hydrogen (secondary N) is 1. The maximum absolute atomic E-state index is 11.7. The Kier molecular flexibility index (Phi) is 4.78. The van der Waals surface area contributed by atoms with Crippen molar-refractivity contribution in [3.8, 4) is 0 Å². The van der Waals surface area contributed by atoms with Crippen LogP contribution in [0.2, 0.25) is 0 Å². The average Bonchev–Trinajstić information content (AvgIpc) is 2.52.